The first-order valence-electron chi connectivity index (χ1n) is 15.1. The number of carbonyl (C=O) groups is 3. The molecule has 11 nitrogen and oxygen atoms in total. The Kier molecular flexibility index (Phi) is 5.31. The summed E-state index contributed by atoms with van der Waals surface area (Å²) in [7, 11) is 0. The molecule has 45 heavy (non-hydrogen) atoms. The zero-order chi connectivity index (χ0) is 30.6. The van der Waals surface area contributed by atoms with Crippen molar-refractivity contribution >= 4 is 67.2 Å². The zero-order valence-electron chi connectivity index (χ0n) is 24.1. The molecule has 2 atom stereocenters. The van der Waals surface area contributed by atoms with Crippen molar-refractivity contribution in [2.24, 2.45) is 0 Å². The van der Waals surface area contributed by atoms with E-state index < -0.39 is 29.4 Å². The third-order valence-corrected chi connectivity index (χ3v) is 9.81. The molecule has 0 aliphatic carbocycles. The summed E-state index contributed by atoms with van der Waals surface area (Å²) in [6.07, 6.45) is 0.253. The van der Waals surface area contributed by atoms with Gasteiger partial charge in [0.15, 0.2) is 5.60 Å². The van der Waals surface area contributed by atoms with Crippen LogP contribution in [0.4, 0.5) is 5.82 Å². The number of fused-ring (bicyclic) bond motifs is 9. The van der Waals surface area contributed by atoms with Crippen molar-refractivity contribution in [1.29, 1.82) is 0 Å². The van der Waals surface area contributed by atoms with Crippen LogP contribution in [0, 0.1) is 0 Å². The molecule has 6 aromatic rings. The van der Waals surface area contributed by atoms with E-state index >= 15 is 0 Å². The summed E-state index contributed by atoms with van der Waals surface area (Å²) in [6.45, 7) is 1.46. The minimum Gasteiger partial charge on any atom is -0.388 e. The van der Waals surface area contributed by atoms with Gasteiger partial charge in [0.25, 0.3) is 17.7 Å². The molecule has 3 aliphatic rings. The average molecular weight is 601 g/mol. The van der Waals surface area contributed by atoms with Gasteiger partial charge in [-0.05, 0) is 24.3 Å². The number of aromatic nitrogens is 3. The Morgan fingerprint density at radius 2 is 1.38 bits per heavy atom. The van der Waals surface area contributed by atoms with Crippen molar-refractivity contribution in [1.82, 2.24) is 24.3 Å². The second kappa shape index (κ2) is 9.13. The number of aliphatic hydroxyl groups excluding tert-OH is 1. The molecule has 1 saturated heterocycles. The normalized spacial score (nSPS) is 21.6. The van der Waals surface area contributed by atoms with Gasteiger partial charge >= 0.3 is 0 Å². The maximum Gasteiger partial charge on any atom is 0.259 e. The monoisotopic (exact) mass is 600 g/mol. The highest BCUT2D eigenvalue weighted by Crippen LogP contribution is 2.46. The summed E-state index contributed by atoms with van der Waals surface area (Å²) in [5.74, 6) is -0.663. The predicted molar refractivity (Wildman–Crippen MR) is 168 cm³/mol. The van der Waals surface area contributed by atoms with Crippen LogP contribution in [0.25, 0.3) is 43.6 Å². The van der Waals surface area contributed by atoms with Crippen molar-refractivity contribution in [2.75, 3.05) is 31.1 Å². The van der Waals surface area contributed by atoms with Crippen LogP contribution in [-0.2, 0) is 17.9 Å². The van der Waals surface area contributed by atoms with Crippen LogP contribution >= 0.6 is 0 Å². The molecule has 9 rings (SSSR count). The smallest absolute Gasteiger partial charge is 0.259 e. The highest BCUT2D eigenvalue weighted by Gasteiger charge is 2.49. The number of hydrogen-bond acceptors (Lipinski definition) is 7. The summed E-state index contributed by atoms with van der Waals surface area (Å²) in [5, 5.41) is 29.5. The average Bonchev–Trinajstić information content (AvgIpc) is 3.67. The number of anilines is 1. The maximum atomic E-state index is 14.4. The van der Waals surface area contributed by atoms with Crippen LogP contribution in [0.5, 0.6) is 0 Å². The van der Waals surface area contributed by atoms with Gasteiger partial charge in [-0.3, -0.25) is 19.7 Å². The van der Waals surface area contributed by atoms with Gasteiger partial charge in [0.05, 0.1) is 35.2 Å². The van der Waals surface area contributed by atoms with E-state index in [-0.39, 0.29) is 13.1 Å². The van der Waals surface area contributed by atoms with Crippen LogP contribution < -0.4 is 10.2 Å². The van der Waals surface area contributed by atoms with Crippen molar-refractivity contribution < 1.29 is 24.6 Å². The number of para-hydroxylation sites is 2. The molecule has 3 amide bonds. The first kappa shape index (κ1) is 26.2. The van der Waals surface area contributed by atoms with Crippen LogP contribution in [0.3, 0.4) is 0 Å². The fourth-order valence-electron chi connectivity index (χ4n) is 7.73. The number of nitrogens with one attached hydrogen (secondary N) is 1. The Hall–Kier alpha value is -5.26. The zero-order valence-corrected chi connectivity index (χ0v) is 24.1. The van der Waals surface area contributed by atoms with Gasteiger partial charge in [-0.1, -0.05) is 42.5 Å². The van der Waals surface area contributed by atoms with Crippen LogP contribution in [0.1, 0.15) is 20.7 Å². The van der Waals surface area contributed by atoms with Gasteiger partial charge in [0, 0.05) is 65.0 Å². The topological polar surface area (TPSA) is 133 Å². The quantitative estimate of drug-likeness (QED) is 0.260. The van der Waals surface area contributed by atoms with Crippen LogP contribution in [0.2, 0.25) is 0 Å². The van der Waals surface area contributed by atoms with Crippen molar-refractivity contribution in [3.05, 3.63) is 84.1 Å². The Balaban J connectivity index is 1.26. The maximum absolute atomic E-state index is 14.4. The molecular formula is C34H28N6O5. The lowest BCUT2D eigenvalue weighted by Crippen LogP contribution is -2.62. The van der Waals surface area contributed by atoms with Gasteiger partial charge in [-0.2, -0.15) is 0 Å². The molecular weight excluding hydrogens is 572 g/mol. The minimum atomic E-state index is -2.19. The van der Waals surface area contributed by atoms with Crippen molar-refractivity contribution in [2.45, 2.75) is 24.8 Å². The molecule has 3 aromatic heterocycles. The Bertz CT molecular complexity index is 2270. The van der Waals surface area contributed by atoms with Crippen LogP contribution in [-0.4, -0.2) is 84.8 Å². The highest BCUT2D eigenvalue weighted by molar-refractivity contribution is 6.39. The SMILES string of the molecule is O=C1NC(=O)c2c1c1c3ccccc3n3c1c1c2c2ccccc2n1CC(O)(C(=O)N1CCN(c2ccccn2)CC1)C(O)C3. The van der Waals surface area contributed by atoms with Crippen LogP contribution in [0.15, 0.2) is 72.9 Å². The standard InChI is InChI=1S/C34H28N6O5/c41-23-17-39-21-9-3-1-7-19(21)25-27-28(32(43)36-31(27)42)26-20-8-2-4-10-22(20)40(30(26)29(25)39)18-34(23,45)33(44)38-15-13-37(14-16-38)24-11-5-6-12-35-24/h1-12,23,41,45H,13-18H2,(H,36,42,43). The molecule has 1 fully saturated rings. The van der Waals surface area contributed by atoms with E-state index in [1.165, 1.54) is 0 Å². The lowest BCUT2D eigenvalue weighted by Gasteiger charge is -2.41. The van der Waals surface area contributed by atoms with E-state index in [0.29, 0.717) is 64.6 Å². The summed E-state index contributed by atoms with van der Waals surface area (Å²) in [5.41, 5.74) is 1.16. The fourth-order valence-corrected chi connectivity index (χ4v) is 7.73. The molecule has 3 N–H and O–H groups in total. The number of pyridine rings is 1. The molecule has 3 aromatic carbocycles. The van der Waals surface area contributed by atoms with E-state index in [0.717, 1.165) is 22.1 Å². The molecule has 3 aliphatic heterocycles. The highest BCUT2D eigenvalue weighted by atomic mass is 16.4. The number of piperazine rings is 1. The molecule has 0 spiro atoms. The number of hydrogen-bond donors (Lipinski definition) is 3. The summed E-state index contributed by atoms with van der Waals surface area (Å²) >= 11 is 0. The Morgan fingerprint density at radius 3 is 2.00 bits per heavy atom. The van der Waals surface area contributed by atoms with E-state index in [1.54, 1.807) is 11.1 Å². The van der Waals surface area contributed by atoms with E-state index in [2.05, 4.69) is 15.2 Å². The second-order valence-electron chi connectivity index (χ2n) is 12.1. The predicted octanol–water partition coefficient (Wildman–Crippen LogP) is 2.64. The number of nitrogens with zero attached hydrogens (tertiary/aromatic N) is 5. The van der Waals surface area contributed by atoms with E-state index in [1.807, 2.05) is 75.9 Å². The summed E-state index contributed by atoms with van der Waals surface area (Å²) in [6, 6.07) is 20.7. The lowest BCUT2D eigenvalue weighted by atomic mass is 9.92. The lowest BCUT2D eigenvalue weighted by molar-refractivity contribution is -0.168. The molecule has 6 heterocycles. The molecule has 0 radical (unpaired) electrons. The number of imide groups is 1. The molecule has 0 bridgehead atoms. The summed E-state index contributed by atoms with van der Waals surface area (Å²) in [4.78, 5) is 49.3. The number of carbonyl (C=O) groups excluding carboxylic acids is 3. The van der Waals surface area contributed by atoms with Gasteiger partial charge in [-0.15, -0.1) is 0 Å². The van der Waals surface area contributed by atoms with E-state index in [9.17, 15) is 24.6 Å². The van der Waals surface area contributed by atoms with Gasteiger partial charge in [0.1, 0.15) is 11.9 Å². The summed E-state index contributed by atoms with van der Waals surface area (Å²) < 4.78 is 3.74. The van der Waals surface area contributed by atoms with Gasteiger partial charge in [-0.25, -0.2) is 4.98 Å². The number of aliphatic hydroxyl groups is 2. The largest absolute Gasteiger partial charge is 0.388 e. The van der Waals surface area contributed by atoms with Gasteiger partial charge in [0.2, 0.25) is 0 Å². The van der Waals surface area contributed by atoms with Crippen molar-refractivity contribution in [3.63, 3.8) is 0 Å². The first-order chi connectivity index (χ1) is 21.9. The molecule has 11 heteroatoms. The third-order valence-electron chi connectivity index (χ3n) is 9.81. The van der Waals surface area contributed by atoms with Gasteiger partial charge < -0.3 is 29.1 Å². The Morgan fingerprint density at radius 1 is 0.800 bits per heavy atom. The molecule has 2 unspecified atom stereocenters. The second-order valence-corrected chi connectivity index (χ2v) is 12.1. The van der Waals surface area contributed by atoms with E-state index in [4.69, 9.17) is 0 Å². The first-order valence-corrected chi connectivity index (χ1v) is 15.1. The fraction of sp³-hybridized carbons (Fsp3) is 0.235. The number of rotatable bonds is 2. The number of benzene rings is 3. The molecule has 224 valence electrons. The molecule has 0 saturated carbocycles. The minimum absolute atomic E-state index is 0.0921. The van der Waals surface area contributed by atoms with Crippen molar-refractivity contribution in [3.8, 4) is 0 Å². The number of amides is 3. The Labute approximate surface area is 255 Å². The third kappa shape index (κ3) is 3.42.